The van der Waals surface area contributed by atoms with E-state index in [4.69, 9.17) is 0 Å². The number of rotatable bonds is 4. The van der Waals surface area contributed by atoms with Gasteiger partial charge in [-0.15, -0.1) is 0 Å². The van der Waals surface area contributed by atoms with Crippen molar-refractivity contribution in [2.24, 2.45) is 0 Å². The number of carboxylic acid groups (broad SMARTS) is 1. The molecule has 0 spiro atoms. The quantitative estimate of drug-likeness (QED) is 0.930. The molecule has 1 aromatic carbocycles. The molecule has 0 aliphatic heterocycles. The van der Waals surface area contributed by atoms with Crippen LogP contribution in [0.2, 0.25) is 0 Å². The van der Waals surface area contributed by atoms with E-state index in [0.717, 1.165) is 0 Å². The Morgan fingerprint density at radius 1 is 1.33 bits per heavy atom. The van der Waals surface area contributed by atoms with Gasteiger partial charge >= 0.3 is 5.97 Å². The number of nitrogens with zero attached hydrogens (tertiary/aromatic N) is 1. The smallest absolute Gasteiger partial charge is 0.329 e. The normalized spacial score (nSPS) is 11.1. The van der Waals surface area contributed by atoms with E-state index in [0.29, 0.717) is 16.6 Å². The highest BCUT2D eigenvalue weighted by molar-refractivity contribution is 9.10. The minimum atomic E-state index is -1.24. The van der Waals surface area contributed by atoms with Gasteiger partial charge in [-0.05, 0) is 48.8 Å². The summed E-state index contributed by atoms with van der Waals surface area (Å²) in [6.07, 6.45) is 0. The molecule has 1 aromatic rings. The maximum atomic E-state index is 12.4. The Bertz CT molecular complexity index is 471. The number of likely N-dealkylation sites (N-methyl/N-ethyl adjacent to an activating group) is 1. The lowest BCUT2D eigenvalue weighted by Gasteiger charge is -2.34. The number of halogens is 1. The van der Waals surface area contributed by atoms with E-state index in [1.54, 1.807) is 31.2 Å². The monoisotopic (exact) mass is 313 g/mol. The molecule has 1 rings (SSSR count). The fraction of sp³-hybridized carbons (Fsp3) is 0.385. The van der Waals surface area contributed by atoms with Gasteiger partial charge < -0.3 is 10.0 Å². The molecule has 0 aliphatic carbocycles. The van der Waals surface area contributed by atoms with Crippen LogP contribution in [0.1, 0.15) is 31.1 Å². The summed E-state index contributed by atoms with van der Waals surface area (Å²) in [5.41, 5.74) is -0.769. The van der Waals surface area contributed by atoms with Gasteiger partial charge in [0, 0.05) is 11.0 Å². The van der Waals surface area contributed by atoms with Gasteiger partial charge in [0.25, 0.3) is 5.91 Å². The molecule has 0 aromatic heterocycles. The van der Waals surface area contributed by atoms with Crippen molar-refractivity contribution in [3.63, 3.8) is 0 Å². The molecule has 98 valence electrons. The van der Waals surface area contributed by atoms with Crippen molar-refractivity contribution in [3.8, 4) is 0 Å². The lowest BCUT2D eigenvalue weighted by atomic mass is 10.0. The van der Waals surface area contributed by atoms with Gasteiger partial charge in [-0.1, -0.05) is 12.1 Å². The number of hydrogen-bond donors (Lipinski definition) is 1. The van der Waals surface area contributed by atoms with E-state index in [1.165, 1.54) is 18.7 Å². The third-order valence-electron chi connectivity index (χ3n) is 2.86. The van der Waals surface area contributed by atoms with Crippen LogP contribution in [-0.4, -0.2) is 34.0 Å². The van der Waals surface area contributed by atoms with E-state index in [2.05, 4.69) is 15.9 Å². The Balaban J connectivity index is 3.16. The van der Waals surface area contributed by atoms with Gasteiger partial charge in [-0.2, -0.15) is 0 Å². The summed E-state index contributed by atoms with van der Waals surface area (Å²) in [6.45, 7) is 5.14. The van der Waals surface area contributed by atoms with Crippen LogP contribution < -0.4 is 0 Å². The van der Waals surface area contributed by atoms with Crippen LogP contribution in [0.25, 0.3) is 0 Å². The Morgan fingerprint density at radius 2 is 1.89 bits per heavy atom. The molecule has 0 unspecified atom stereocenters. The standard InChI is InChI=1S/C13H16BrNO3/c1-4-15(13(2,3)12(17)18)11(16)9-7-5-6-8-10(9)14/h5-8H,4H2,1-3H3,(H,17,18). The number of benzene rings is 1. The lowest BCUT2D eigenvalue weighted by Crippen LogP contribution is -2.53. The molecule has 0 fully saturated rings. The molecule has 1 amide bonds. The van der Waals surface area contributed by atoms with Crippen molar-refractivity contribution in [2.45, 2.75) is 26.3 Å². The Kier molecular flexibility index (Phi) is 4.51. The number of carboxylic acids is 1. The van der Waals surface area contributed by atoms with Crippen molar-refractivity contribution >= 4 is 27.8 Å². The lowest BCUT2D eigenvalue weighted by molar-refractivity contribution is -0.147. The highest BCUT2D eigenvalue weighted by Gasteiger charge is 2.37. The van der Waals surface area contributed by atoms with Gasteiger partial charge in [-0.25, -0.2) is 4.79 Å². The highest BCUT2D eigenvalue weighted by Crippen LogP contribution is 2.22. The second-order valence-electron chi connectivity index (χ2n) is 4.39. The van der Waals surface area contributed by atoms with Crippen LogP contribution in [0, 0.1) is 0 Å². The predicted molar refractivity (Wildman–Crippen MR) is 72.6 cm³/mol. The van der Waals surface area contributed by atoms with Crippen molar-refractivity contribution in [1.82, 2.24) is 4.90 Å². The SMILES string of the molecule is CCN(C(=O)c1ccccc1Br)C(C)(C)C(=O)O. The van der Waals surface area contributed by atoms with Crippen LogP contribution in [-0.2, 0) is 4.79 Å². The second kappa shape index (κ2) is 5.52. The zero-order chi connectivity index (χ0) is 13.9. The van der Waals surface area contributed by atoms with Gasteiger partial charge in [-0.3, -0.25) is 4.79 Å². The fourth-order valence-electron chi connectivity index (χ4n) is 1.69. The summed E-state index contributed by atoms with van der Waals surface area (Å²) in [5, 5.41) is 9.20. The Labute approximate surface area is 115 Å². The van der Waals surface area contributed by atoms with Crippen LogP contribution in [0.3, 0.4) is 0 Å². The molecule has 18 heavy (non-hydrogen) atoms. The summed E-state index contributed by atoms with van der Waals surface area (Å²) in [5.74, 6) is -1.32. The largest absolute Gasteiger partial charge is 0.480 e. The number of carbonyl (C=O) groups is 2. The van der Waals surface area contributed by atoms with E-state index < -0.39 is 11.5 Å². The molecule has 0 saturated heterocycles. The third-order valence-corrected chi connectivity index (χ3v) is 3.56. The molecule has 1 N–H and O–H groups in total. The van der Waals surface area contributed by atoms with E-state index in [-0.39, 0.29) is 5.91 Å². The van der Waals surface area contributed by atoms with Crippen molar-refractivity contribution < 1.29 is 14.7 Å². The topological polar surface area (TPSA) is 57.6 Å². The molecule has 0 bridgehead atoms. The summed E-state index contributed by atoms with van der Waals surface area (Å²) in [4.78, 5) is 25.0. The highest BCUT2D eigenvalue weighted by atomic mass is 79.9. The van der Waals surface area contributed by atoms with Gasteiger partial charge in [0.05, 0.1) is 5.56 Å². The molecular weight excluding hydrogens is 298 g/mol. The molecular formula is C13H16BrNO3. The number of amides is 1. The first-order valence-corrected chi connectivity index (χ1v) is 6.41. The Morgan fingerprint density at radius 3 is 2.33 bits per heavy atom. The first kappa shape index (κ1) is 14.7. The first-order chi connectivity index (χ1) is 8.32. The average Bonchev–Trinajstić information content (AvgIpc) is 2.29. The molecule has 5 heteroatoms. The molecule has 0 heterocycles. The van der Waals surface area contributed by atoms with Crippen LogP contribution >= 0.6 is 15.9 Å². The maximum absolute atomic E-state index is 12.4. The molecule has 0 atom stereocenters. The molecule has 0 saturated carbocycles. The first-order valence-electron chi connectivity index (χ1n) is 5.62. The van der Waals surface area contributed by atoms with Crippen molar-refractivity contribution in [3.05, 3.63) is 34.3 Å². The summed E-state index contributed by atoms with van der Waals surface area (Å²) >= 11 is 3.30. The van der Waals surface area contributed by atoms with Gasteiger partial charge in [0.1, 0.15) is 5.54 Å². The van der Waals surface area contributed by atoms with Gasteiger partial charge in [0.2, 0.25) is 0 Å². The summed E-state index contributed by atoms with van der Waals surface area (Å²) in [7, 11) is 0. The fourth-order valence-corrected chi connectivity index (χ4v) is 2.14. The van der Waals surface area contributed by atoms with E-state index >= 15 is 0 Å². The zero-order valence-electron chi connectivity index (χ0n) is 10.6. The molecule has 4 nitrogen and oxygen atoms in total. The Hall–Kier alpha value is -1.36. The third kappa shape index (κ3) is 2.72. The number of aliphatic carboxylic acids is 1. The molecule has 0 aliphatic rings. The van der Waals surface area contributed by atoms with Crippen LogP contribution in [0.4, 0.5) is 0 Å². The van der Waals surface area contributed by atoms with E-state index in [9.17, 15) is 14.7 Å². The van der Waals surface area contributed by atoms with E-state index in [1.807, 2.05) is 0 Å². The van der Waals surface area contributed by atoms with Crippen LogP contribution in [0.15, 0.2) is 28.7 Å². The van der Waals surface area contributed by atoms with Crippen molar-refractivity contribution in [1.29, 1.82) is 0 Å². The second-order valence-corrected chi connectivity index (χ2v) is 5.25. The number of hydrogen-bond acceptors (Lipinski definition) is 2. The zero-order valence-corrected chi connectivity index (χ0v) is 12.2. The van der Waals surface area contributed by atoms with Crippen molar-refractivity contribution in [2.75, 3.05) is 6.54 Å². The predicted octanol–water partition coefficient (Wildman–Crippen LogP) is 2.77. The summed E-state index contributed by atoms with van der Waals surface area (Å²) < 4.78 is 0.662. The minimum Gasteiger partial charge on any atom is -0.480 e. The average molecular weight is 314 g/mol. The van der Waals surface area contributed by atoms with Gasteiger partial charge in [0.15, 0.2) is 0 Å². The van der Waals surface area contributed by atoms with Crippen LogP contribution in [0.5, 0.6) is 0 Å². The molecule has 0 radical (unpaired) electrons. The summed E-state index contributed by atoms with van der Waals surface area (Å²) in [6, 6.07) is 6.99. The minimum absolute atomic E-state index is 0.294. The number of carbonyl (C=O) groups excluding carboxylic acids is 1. The maximum Gasteiger partial charge on any atom is 0.329 e.